The number of halogens is 1. The van der Waals surface area contributed by atoms with Crippen molar-refractivity contribution in [1.82, 2.24) is 20.2 Å². The molecule has 0 atom stereocenters. The van der Waals surface area contributed by atoms with Gasteiger partial charge in [0.2, 0.25) is 0 Å². The highest BCUT2D eigenvalue weighted by molar-refractivity contribution is 9.10. The first-order valence-electron chi connectivity index (χ1n) is 9.99. The average Bonchev–Trinajstić information content (AvgIpc) is 3.27. The summed E-state index contributed by atoms with van der Waals surface area (Å²) in [4.78, 5) is 12.3. The second-order valence-electron chi connectivity index (χ2n) is 6.84. The van der Waals surface area contributed by atoms with Crippen LogP contribution in [0.25, 0.3) is 17.1 Å². The van der Waals surface area contributed by atoms with Crippen molar-refractivity contribution in [2.24, 2.45) is 5.10 Å². The number of rotatable bonds is 8. The number of nitrogens with one attached hydrogen (secondary N) is 1. The minimum atomic E-state index is -0.236. The molecule has 4 aromatic rings. The van der Waals surface area contributed by atoms with Crippen molar-refractivity contribution in [2.45, 2.75) is 5.16 Å². The van der Waals surface area contributed by atoms with Gasteiger partial charge in [-0.25, -0.2) is 5.43 Å². The second-order valence-corrected chi connectivity index (χ2v) is 8.70. The zero-order valence-corrected chi connectivity index (χ0v) is 20.1. The Morgan fingerprint density at radius 2 is 1.88 bits per heavy atom. The third-order valence-electron chi connectivity index (χ3n) is 4.58. The summed E-state index contributed by atoms with van der Waals surface area (Å²) in [5, 5.41) is 13.4. The third-order valence-corrected chi connectivity index (χ3v) is 6.00. The Labute approximate surface area is 204 Å². The van der Waals surface area contributed by atoms with E-state index in [1.807, 2.05) is 83.4 Å². The van der Waals surface area contributed by atoms with E-state index >= 15 is 0 Å². The van der Waals surface area contributed by atoms with Crippen LogP contribution in [0.3, 0.4) is 0 Å². The SMILES string of the molecule is COc1ccc(-c2nnc(SCC(=O)N/N=C/c3cccc(Br)c3)n2-c2ccccc2)cc1. The van der Waals surface area contributed by atoms with Crippen LogP contribution in [0.5, 0.6) is 5.75 Å². The van der Waals surface area contributed by atoms with E-state index in [0.29, 0.717) is 11.0 Å². The summed E-state index contributed by atoms with van der Waals surface area (Å²) in [6.45, 7) is 0. The maximum atomic E-state index is 12.3. The quantitative estimate of drug-likeness (QED) is 0.201. The summed E-state index contributed by atoms with van der Waals surface area (Å²) >= 11 is 4.70. The van der Waals surface area contributed by atoms with Crippen molar-refractivity contribution in [3.05, 3.63) is 88.9 Å². The molecule has 0 radical (unpaired) electrons. The van der Waals surface area contributed by atoms with Crippen LogP contribution in [0.15, 0.2) is 93.6 Å². The molecule has 0 saturated carbocycles. The number of thioether (sulfide) groups is 1. The Balaban J connectivity index is 1.50. The fourth-order valence-electron chi connectivity index (χ4n) is 3.03. The molecule has 33 heavy (non-hydrogen) atoms. The molecule has 7 nitrogen and oxygen atoms in total. The van der Waals surface area contributed by atoms with Crippen LogP contribution in [0.1, 0.15) is 5.56 Å². The maximum Gasteiger partial charge on any atom is 0.250 e. The van der Waals surface area contributed by atoms with Crippen molar-refractivity contribution in [3.63, 3.8) is 0 Å². The van der Waals surface area contributed by atoms with Crippen molar-refractivity contribution in [2.75, 3.05) is 12.9 Å². The molecule has 0 bridgehead atoms. The summed E-state index contributed by atoms with van der Waals surface area (Å²) in [6, 6.07) is 25.1. The lowest BCUT2D eigenvalue weighted by Gasteiger charge is -2.10. The van der Waals surface area contributed by atoms with Gasteiger partial charge in [-0.1, -0.05) is 58.0 Å². The third kappa shape index (κ3) is 5.88. The van der Waals surface area contributed by atoms with Gasteiger partial charge in [-0.3, -0.25) is 9.36 Å². The van der Waals surface area contributed by atoms with E-state index < -0.39 is 0 Å². The lowest BCUT2D eigenvalue weighted by Crippen LogP contribution is -2.20. The molecule has 9 heteroatoms. The van der Waals surface area contributed by atoms with Crippen LogP contribution in [0.2, 0.25) is 0 Å². The number of nitrogens with zero attached hydrogens (tertiary/aromatic N) is 4. The number of carbonyl (C=O) groups is 1. The molecule has 0 fully saturated rings. The highest BCUT2D eigenvalue weighted by Gasteiger charge is 2.17. The molecule has 0 unspecified atom stereocenters. The zero-order chi connectivity index (χ0) is 23.0. The number of benzene rings is 3. The summed E-state index contributed by atoms with van der Waals surface area (Å²) in [5.41, 5.74) is 5.23. The Morgan fingerprint density at radius 3 is 2.61 bits per heavy atom. The van der Waals surface area contributed by atoms with E-state index in [2.05, 4.69) is 36.7 Å². The van der Waals surface area contributed by atoms with Gasteiger partial charge in [0.15, 0.2) is 11.0 Å². The predicted octanol–water partition coefficient (Wildman–Crippen LogP) is 4.95. The zero-order valence-electron chi connectivity index (χ0n) is 17.7. The van der Waals surface area contributed by atoms with Crippen LogP contribution < -0.4 is 10.2 Å². The summed E-state index contributed by atoms with van der Waals surface area (Å²) in [7, 11) is 1.63. The molecule has 1 amide bonds. The first-order chi connectivity index (χ1) is 16.1. The fraction of sp³-hybridized carbons (Fsp3) is 0.0833. The average molecular weight is 522 g/mol. The lowest BCUT2D eigenvalue weighted by molar-refractivity contribution is -0.118. The number of ether oxygens (including phenoxy) is 1. The van der Waals surface area contributed by atoms with Gasteiger partial charge in [-0.05, 0) is 54.1 Å². The van der Waals surface area contributed by atoms with Gasteiger partial charge in [-0.2, -0.15) is 5.10 Å². The molecule has 0 saturated heterocycles. The monoisotopic (exact) mass is 521 g/mol. The van der Waals surface area contributed by atoms with E-state index in [0.717, 1.165) is 27.0 Å². The van der Waals surface area contributed by atoms with E-state index in [1.165, 1.54) is 11.8 Å². The van der Waals surface area contributed by atoms with Gasteiger partial charge in [0, 0.05) is 15.7 Å². The molecule has 1 aromatic heterocycles. The van der Waals surface area contributed by atoms with Crippen LogP contribution in [0.4, 0.5) is 0 Å². The van der Waals surface area contributed by atoms with Crippen LogP contribution in [-0.2, 0) is 4.79 Å². The number of methoxy groups -OCH3 is 1. The summed E-state index contributed by atoms with van der Waals surface area (Å²) in [5.74, 6) is 1.35. The molecule has 0 spiro atoms. The molecule has 0 aliphatic carbocycles. The van der Waals surface area contributed by atoms with Gasteiger partial charge in [-0.15, -0.1) is 10.2 Å². The highest BCUT2D eigenvalue weighted by Crippen LogP contribution is 2.28. The first-order valence-corrected chi connectivity index (χ1v) is 11.8. The van der Waals surface area contributed by atoms with Crippen molar-refractivity contribution in [3.8, 4) is 22.8 Å². The van der Waals surface area contributed by atoms with Gasteiger partial charge in [0.25, 0.3) is 5.91 Å². The van der Waals surface area contributed by atoms with E-state index in [-0.39, 0.29) is 11.7 Å². The molecule has 1 heterocycles. The summed E-state index contributed by atoms with van der Waals surface area (Å²) < 4.78 is 8.13. The number of carbonyl (C=O) groups excluding carboxylic acids is 1. The number of amides is 1. The lowest BCUT2D eigenvalue weighted by atomic mass is 10.2. The van der Waals surface area contributed by atoms with E-state index in [9.17, 15) is 4.79 Å². The molecule has 166 valence electrons. The Hall–Kier alpha value is -3.43. The van der Waals surface area contributed by atoms with Crippen LogP contribution >= 0.6 is 27.7 Å². The van der Waals surface area contributed by atoms with Crippen LogP contribution in [-0.4, -0.2) is 39.7 Å². The first kappa shape index (κ1) is 22.8. The van der Waals surface area contributed by atoms with Crippen LogP contribution in [0, 0.1) is 0 Å². The van der Waals surface area contributed by atoms with Gasteiger partial charge in [0.1, 0.15) is 5.75 Å². The molecule has 0 aliphatic heterocycles. The Kier molecular flexibility index (Phi) is 7.54. The predicted molar refractivity (Wildman–Crippen MR) is 134 cm³/mol. The van der Waals surface area contributed by atoms with Crippen molar-refractivity contribution in [1.29, 1.82) is 0 Å². The standard InChI is InChI=1S/C24H20BrN5O2S/c1-32-21-12-10-18(11-13-21)23-28-29-24(30(23)20-8-3-2-4-9-20)33-16-22(31)27-26-15-17-6-5-7-19(25)14-17/h2-15H,16H2,1H3,(H,27,31)/b26-15+. The van der Waals surface area contributed by atoms with Gasteiger partial charge < -0.3 is 4.74 Å². The van der Waals surface area contributed by atoms with E-state index in [1.54, 1.807) is 13.3 Å². The molecule has 1 N–H and O–H groups in total. The van der Waals surface area contributed by atoms with Gasteiger partial charge >= 0.3 is 0 Å². The minimum Gasteiger partial charge on any atom is -0.497 e. The van der Waals surface area contributed by atoms with Crippen molar-refractivity contribution < 1.29 is 9.53 Å². The highest BCUT2D eigenvalue weighted by atomic mass is 79.9. The Bertz CT molecular complexity index is 1260. The molecule has 0 aliphatic rings. The normalized spacial score (nSPS) is 11.0. The Morgan fingerprint density at radius 1 is 1.09 bits per heavy atom. The fourth-order valence-corrected chi connectivity index (χ4v) is 4.19. The number of aromatic nitrogens is 3. The number of hydrogen-bond donors (Lipinski definition) is 1. The second kappa shape index (κ2) is 10.9. The topological polar surface area (TPSA) is 81.4 Å². The number of para-hydroxylation sites is 1. The molecular formula is C24H20BrN5O2S. The molecular weight excluding hydrogens is 502 g/mol. The van der Waals surface area contributed by atoms with Gasteiger partial charge in [0.05, 0.1) is 19.1 Å². The number of hydrogen-bond acceptors (Lipinski definition) is 6. The number of hydrazone groups is 1. The van der Waals surface area contributed by atoms with Crippen molar-refractivity contribution >= 4 is 39.8 Å². The minimum absolute atomic E-state index is 0.142. The smallest absolute Gasteiger partial charge is 0.250 e. The molecule has 3 aromatic carbocycles. The maximum absolute atomic E-state index is 12.3. The largest absolute Gasteiger partial charge is 0.497 e. The van der Waals surface area contributed by atoms with E-state index in [4.69, 9.17) is 4.74 Å². The molecule has 4 rings (SSSR count). The summed E-state index contributed by atoms with van der Waals surface area (Å²) in [6.07, 6.45) is 1.60.